The molecule has 0 bridgehead atoms. The molecule has 6 nitrogen and oxygen atoms in total. The quantitative estimate of drug-likeness (QED) is 0.468. The van der Waals surface area contributed by atoms with Crippen LogP contribution in [0.1, 0.15) is 20.3 Å². The average Bonchev–Trinajstić information content (AvgIpc) is 3.00. The van der Waals surface area contributed by atoms with Crippen LogP contribution < -0.4 is 5.32 Å². The molecule has 0 aliphatic carbocycles. The maximum Gasteiger partial charge on any atom is 0.328 e. The first kappa shape index (κ1) is 17.7. The number of fused-ring (bicyclic) bond motifs is 1. The number of hydrogen-bond donors (Lipinski definition) is 1. The number of nitrogens with one attached hydrogen (secondary N) is 1. The van der Waals surface area contributed by atoms with Crippen molar-refractivity contribution in [1.29, 1.82) is 0 Å². The molecular formula is C15H19N3O3S2. The molecule has 0 aromatic carbocycles. The van der Waals surface area contributed by atoms with Gasteiger partial charge in [-0.2, -0.15) is 0 Å². The second-order valence-corrected chi connectivity index (χ2v) is 7.24. The molecular weight excluding hydrogens is 334 g/mol. The van der Waals surface area contributed by atoms with Gasteiger partial charge in [-0.1, -0.05) is 25.6 Å². The van der Waals surface area contributed by atoms with E-state index in [0.29, 0.717) is 6.42 Å². The second-order valence-electron chi connectivity index (χ2n) is 5.38. The maximum atomic E-state index is 12.1. The first-order valence-corrected chi connectivity index (χ1v) is 9.06. The summed E-state index contributed by atoms with van der Waals surface area (Å²) in [5, 5.41) is 6.39. The molecule has 0 saturated heterocycles. The van der Waals surface area contributed by atoms with Crippen LogP contribution in [0.5, 0.6) is 0 Å². The van der Waals surface area contributed by atoms with Gasteiger partial charge in [0.25, 0.3) is 0 Å². The molecule has 2 heterocycles. The van der Waals surface area contributed by atoms with Gasteiger partial charge >= 0.3 is 5.97 Å². The number of aromatic nitrogens is 2. The second kappa shape index (κ2) is 8.26. The number of carbonyl (C=O) groups is 2. The SMILES string of the molecule is COC(=O)[C@H](CC(C)C)NC(=O)CSc1ncnc2sccc12. The van der Waals surface area contributed by atoms with Crippen molar-refractivity contribution in [3.63, 3.8) is 0 Å². The molecule has 0 aliphatic heterocycles. The molecule has 8 heteroatoms. The van der Waals surface area contributed by atoms with E-state index in [9.17, 15) is 9.59 Å². The Morgan fingerprint density at radius 2 is 2.17 bits per heavy atom. The number of rotatable bonds is 7. The highest BCUT2D eigenvalue weighted by atomic mass is 32.2. The smallest absolute Gasteiger partial charge is 0.328 e. The van der Waals surface area contributed by atoms with Crippen molar-refractivity contribution in [2.75, 3.05) is 12.9 Å². The molecule has 1 atom stereocenters. The number of nitrogens with zero attached hydrogens (tertiary/aromatic N) is 2. The van der Waals surface area contributed by atoms with Crippen LogP contribution in [0, 0.1) is 5.92 Å². The lowest BCUT2D eigenvalue weighted by atomic mass is 10.0. The maximum absolute atomic E-state index is 12.1. The Morgan fingerprint density at radius 3 is 2.87 bits per heavy atom. The van der Waals surface area contributed by atoms with Gasteiger partial charge in [0.15, 0.2) is 0 Å². The topological polar surface area (TPSA) is 81.2 Å². The van der Waals surface area contributed by atoms with Crippen LogP contribution >= 0.6 is 23.1 Å². The molecule has 0 saturated carbocycles. The minimum Gasteiger partial charge on any atom is -0.467 e. The Labute approximate surface area is 143 Å². The van der Waals surface area contributed by atoms with E-state index in [1.165, 1.54) is 36.5 Å². The van der Waals surface area contributed by atoms with E-state index in [-0.39, 0.29) is 17.6 Å². The highest BCUT2D eigenvalue weighted by Gasteiger charge is 2.22. The van der Waals surface area contributed by atoms with Crippen molar-refractivity contribution in [3.05, 3.63) is 17.8 Å². The first-order valence-electron chi connectivity index (χ1n) is 7.19. The van der Waals surface area contributed by atoms with Crippen LogP contribution in [0.25, 0.3) is 10.2 Å². The largest absolute Gasteiger partial charge is 0.467 e. The molecule has 124 valence electrons. The molecule has 1 amide bonds. The van der Waals surface area contributed by atoms with Gasteiger partial charge in [-0.25, -0.2) is 14.8 Å². The third-order valence-electron chi connectivity index (χ3n) is 3.09. The summed E-state index contributed by atoms with van der Waals surface area (Å²) < 4.78 is 4.74. The standard InChI is InChI=1S/C15H19N3O3S2/c1-9(2)6-11(15(20)21-3)18-12(19)7-23-14-10-4-5-22-13(10)16-8-17-14/h4-5,8-9,11H,6-7H2,1-3H3,(H,18,19)/t11-/m0/s1. The number of ether oxygens (including phenoxy) is 1. The molecule has 1 N–H and O–H groups in total. The summed E-state index contributed by atoms with van der Waals surface area (Å²) in [6, 6.07) is 1.33. The van der Waals surface area contributed by atoms with Gasteiger partial charge in [-0.3, -0.25) is 4.79 Å². The number of hydrogen-bond acceptors (Lipinski definition) is 7. The lowest BCUT2D eigenvalue weighted by Gasteiger charge is -2.18. The third-order valence-corrected chi connectivity index (χ3v) is 4.92. The molecule has 0 spiro atoms. The zero-order valence-corrected chi connectivity index (χ0v) is 14.9. The molecule has 0 fully saturated rings. The predicted octanol–water partition coefficient (Wildman–Crippen LogP) is 2.49. The summed E-state index contributed by atoms with van der Waals surface area (Å²) in [7, 11) is 1.32. The van der Waals surface area contributed by atoms with Crippen LogP contribution in [0.2, 0.25) is 0 Å². The van der Waals surface area contributed by atoms with Crippen molar-refractivity contribution < 1.29 is 14.3 Å². The number of carbonyl (C=O) groups excluding carboxylic acids is 2. The van der Waals surface area contributed by atoms with Gasteiger partial charge in [-0.05, 0) is 23.8 Å². The fourth-order valence-electron chi connectivity index (χ4n) is 2.08. The van der Waals surface area contributed by atoms with Gasteiger partial charge in [0, 0.05) is 5.39 Å². The number of esters is 1. The van der Waals surface area contributed by atoms with Crippen molar-refractivity contribution in [3.8, 4) is 0 Å². The zero-order valence-electron chi connectivity index (χ0n) is 13.2. The normalized spacial score (nSPS) is 12.3. The van der Waals surface area contributed by atoms with Gasteiger partial charge < -0.3 is 10.1 Å². The Hall–Kier alpha value is -1.67. The van der Waals surface area contributed by atoms with E-state index < -0.39 is 12.0 Å². The molecule has 0 radical (unpaired) electrons. The Kier molecular flexibility index (Phi) is 6.35. The highest BCUT2D eigenvalue weighted by Crippen LogP contribution is 2.27. The number of thiophene rings is 1. The monoisotopic (exact) mass is 353 g/mol. The minimum atomic E-state index is -0.611. The van der Waals surface area contributed by atoms with E-state index in [2.05, 4.69) is 15.3 Å². The summed E-state index contributed by atoms with van der Waals surface area (Å²) in [5.41, 5.74) is 0. The van der Waals surface area contributed by atoms with Gasteiger partial charge in [-0.15, -0.1) is 11.3 Å². The van der Waals surface area contributed by atoms with Gasteiger partial charge in [0.2, 0.25) is 5.91 Å². The Balaban J connectivity index is 1.95. The summed E-state index contributed by atoms with van der Waals surface area (Å²) in [6.07, 6.45) is 2.04. The third kappa shape index (κ3) is 4.90. The number of amides is 1. The van der Waals surface area contributed by atoms with E-state index in [1.54, 1.807) is 0 Å². The van der Waals surface area contributed by atoms with Crippen LogP contribution in [-0.4, -0.2) is 40.7 Å². The molecule has 0 aliphatic rings. The van der Waals surface area contributed by atoms with Crippen molar-refractivity contribution in [1.82, 2.24) is 15.3 Å². The van der Waals surface area contributed by atoms with Crippen LogP contribution in [0.15, 0.2) is 22.8 Å². The summed E-state index contributed by atoms with van der Waals surface area (Å²) in [4.78, 5) is 33.1. The zero-order chi connectivity index (χ0) is 16.8. The lowest BCUT2D eigenvalue weighted by Crippen LogP contribution is -2.43. The molecule has 23 heavy (non-hydrogen) atoms. The first-order chi connectivity index (χ1) is 11.0. The summed E-state index contributed by atoms with van der Waals surface area (Å²) >= 11 is 2.87. The summed E-state index contributed by atoms with van der Waals surface area (Å²) in [6.45, 7) is 3.98. The number of methoxy groups -OCH3 is 1. The van der Waals surface area contributed by atoms with Crippen molar-refractivity contribution >= 4 is 45.2 Å². The van der Waals surface area contributed by atoms with Crippen LogP contribution in [-0.2, 0) is 14.3 Å². The van der Waals surface area contributed by atoms with E-state index in [1.807, 2.05) is 25.3 Å². The molecule has 2 rings (SSSR count). The fraction of sp³-hybridized carbons (Fsp3) is 0.467. The summed E-state index contributed by atoms with van der Waals surface area (Å²) in [5.74, 6) is -0.167. The fourth-order valence-corrected chi connectivity index (χ4v) is 3.67. The van der Waals surface area contributed by atoms with Crippen molar-refractivity contribution in [2.45, 2.75) is 31.3 Å². The average molecular weight is 353 g/mol. The Bertz CT molecular complexity index is 687. The van der Waals surface area contributed by atoms with Gasteiger partial charge in [0.05, 0.1) is 12.9 Å². The number of thioether (sulfide) groups is 1. The Morgan fingerprint density at radius 1 is 1.39 bits per heavy atom. The van der Waals surface area contributed by atoms with Crippen LogP contribution in [0.3, 0.4) is 0 Å². The van der Waals surface area contributed by atoms with E-state index in [0.717, 1.165) is 15.2 Å². The van der Waals surface area contributed by atoms with Crippen LogP contribution in [0.4, 0.5) is 0 Å². The van der Waals surface area contributed by atoms with Crippen molar-refractivity contribution in [2.24, 2.45) is 5.92 Å². The predicted molar refractivity (Wildman–Crippen MR) is 91.5 cm³/mol. The molecule has 2 aromatic heterocycles. The molecule has 0 unspecified atom stereocenters. The van der Waals surface area contributed by atoms with E-state index >= 15 is 0 Å². The van der Waals surface area contributed by atoms with E-state index in [4.69, 9.17) is 4.74 Å². The molecule has 2 aromatic rings. The van der Waals surface area contributed by atoms with Gasteiger partial charge in [0.1, 0.15) is 22.2 Å². The minimum absolute atomic E-state index is 0.188. The lowest BCUT2D eigenvalue weighted by molar-refractivity contribution is -0.145. The highest BCUT2D eigenvalue weighted by molar-refractivity contribution is 8.00.